The molecule has 22 heavy (non-hydrogen) atoms. The van der Waals surface area contributed by atoms with E-state index in [2.05, 4.69) is 62.1 Å². The van der Waals surface area contributed by atoms with Crippen LogP contribution in [0.15, 0.2) is 12.1 Å². The van der Waals surface area contributed by atoms with Crippen molar-refractivity contribution >= 4 is 14.5 Å². The zero-order valence-corrected chi connectivity index (χ0v) is 16.8. The molecule has 1 aromatic carbocycles. The molecule has 0 spiro atoms. The van der Waals surface area contributed by atoms with E-state index in [1.807, 2.05) is 32.1 Å². The van der Waals surface area contributed by atoms with Crippen molar-refractivity contribution in [3.05, 3.63) is 80.9 Å². The van der Waals surface area contributed by atoms with E-state index in [0.29, 0.717) is 0 Å². The quantitative estimate of drug-likeness (QED) is 0.309. The Balaban J connectivity index is -0.000000115. The molecule has 0 bridgehead atoms. The normalized spacial score (nSPS) is 10.3. The molecule has 0 aliphatic heterocycles. The summed E-state index contributed by atoms with van der Waals surface area (Å²) in [7, 11) is 2.77. The summed E-state index contributed by atoms with van der Waals surface area (Å²) in [5.41, 5.74) is 4.08. The Morgan fingerprint density at radius 1 is 0.682 bits per heavy atom. The molecule has 5 radical (unpaired) electrons. The molecule has 1 aliphatic carbocycles. The molecule has 0 aromatic heterocycles. The van der Waals surface area contributed by atoms with Crippen LogP contribution < -0.4 is 5.30 Å². The SMILES string of the molecule is Cc1cc(C)c(P)c(C)c1.[C-]#[O+].[C-]#[O+].[C-]#[O+].[CH]1[CH][CH][CH][CH]1.[W]. The summed E-state index contributed by atoms with van der Waals surface area (Å²) in [6.07, 6.45) is 10.0. The summed E-state index contributed by atoms with van der Waals surface area (Å²) >= 11 is 0. The van der Waals surface area contributed by atoms with Gasteiger partial charge < -0.3 is 0 Å². The first-order chi connectivity index (χ1) is 10.1. The van der Waals surface area contributed by atoms with Crippen LogP contribution in [0, 0.1) is 72.8 Å². The fourth-order valence-electron chi connectivity index (χ4n) is 1.51. The number of rotatable bonds is 0. The second-order valence-corrected chi connectivity index (χ2v) is 4.35. The molecular weight excluding hydrogens is 467 g/mol. The van der Waals surface area contributed by atoms with Gasteiger partial charge >= 0.3 is 33.9 Å². The second-order valence-electron chi connectivity index (χ2n) is 3.77. The summed E-state index contributed by atoms with van der Waals surface area (Å²) < 4.78 is 22.5. The van der Waals surface area contributed by atoms with Crippen LogP contribution in [-0.4, -0.2) is 0 Å². The second kappa shape index (κ2) is 22.8. The molecule has 3 nitrogen and oxygen atoms in total. The average Bonchev–Trinajstić information content (AvgIpc) is 3.10. The van der Waals surface area contributed by atoms with Crippen molar-refractivity contribution in [2.45, 2.75) is 20.8 Å². The standard InChI is InChI=1S/C9H13P.C5H5.3CO.W/c1-6-4-7(2)9(10)8(3)5-6;1-2-4-5-3-1;3*1-2;/h4-5H,10H2,1-3H3;1-5H;;;;. The van der Waals surface area contributed by atoms with E-state index < -0.39 is 0 Å². The van der Waals surface area contributed by atoms with Gasteiger partial charge in [0.05, 0.1) is 0 Å². The minimum absolute atomic E-state index is 0. The first kappa shape index (κ1) is 29.6. The summed E-state index contributed by atoms with van der Waals surface area (Å²) in [4.78, 5) is 0. The van der Waals surface area contributed by atoms with Crippen molar-refractivity contribution in [1.29, 1.82) is 0 Å². The number of aryl methyl sites for hydroxylation is 3. The Morgan fingerprint density at radius 2 is 0.909 bits per heavy atom. The van der Waals surface area contributed by atoms with Crippen LogP contribution in [0.2, 0.25) is 0 Å². The van der Waals surface area contributed by atoms with Gasteiger partial charge in [-0.05, 0) is 69.3 Å². The summed E-state index contributed by atoms with van der Waals surface area (Å²) in [6, 6.07) is 4.41. The Hall–Kier alpha value is -0.442. The summed E-state index contributed by atoms with van der Waals surface area (Å²) in [6.45, 7) is 19.9. The minimum Gasteiger partial charge on any atom is -0.0312 e. The maximum Gasteiger partial charge on any atom is 0 e. The maximum atomic E-state index is 7.50. The molecule has 0 N–H and O–H groups in total. The van der Waals surface area contributed by atoms with Crippen molar-refractivity contribution in [3.63, 3.8) is 0 Å². The van der Waals surface area contributed by atoms with Gasteiger partial charge in [-0.2, -0.15) is 0 Å². The summed E-state index contributed by atoms with van der Waals surface area (Å²) in [5.74, 6) is 0. The van der Waals surface area contributed by atoms with Crippen molar-refractivity contribution in [2.75, 3.05) is 0 Å². The predicted octanol–water partition coefficient (Wildman–Crippen LogP) is 3.02. The van der Waals surface area contributed by atoms with Crippen LogP contribution >= 0.6 is 9.24 Å². The molecule has 5 heteroatoms. The van der Waals surface area contributed by atoms with Crippen molar-refractivity contribution in [3.8, 4) is 0 Å². The molecule has 2 rings (SSSR count). The zero-order chi connectivity index (χ0) is 17.3. The van der Waals surface area contributed by atoms with Gasteiger partial charge in [-0.3, -0.25) is 0 Å². The number of benzene rings is 1. The van der Waals surface area contributed by atoms with E-state index in [4.69, 9.17) is 14.0 Å². The third kappa shape index (κ3) is 15.9. The van der Waals surface area contributed by atoms with E-state index in [-0.39, 0.29) is 21.1 Å². The summed E-state index contributed by atoms with van der Waals surface area (Å²) in [5, 5.41) is 1.34. The van der Waals surface area contributed by atoms with Crippen LogP contribution in [0.3, 0.4) is 0 Å². The third-order valence-electron chi connectivity index (χ3n) is 2.29. The van der Waals surface area contributed by atoms with Crippen LogP contribution in [0.5, 0.6) is 0 Å². The van der Waals surface area contributed by atoms with Crippen molar-refractivity contribution < 1.29 is 35.0 Å². The first-order valence-corrected chi connectivity index (χ1v) is 6.30. The average molecular weight is 485 g/mol. The van der Waals surface area contributed by atoms with E-state index in [1.165, 1.54) is 22.0 Å². The smallest absolute Gasteiger partial charge is 0 e. The van der Waals surface area contributed by atoms with Gasteiger partial charge in [0, 0.05) is 21.1 Å². The van der Waals surface area contributed by atoms with E-state index in [9.17, 15) is 0 Å². The zero-order valence-electron chi connectivity index (χ0n) is 12.8. The topological polar surface area (TPSA) is 59.7 Å². The van der Waals surface area contributed by atoms with Gasteiger partial charge in [-0.15, -0.1) is 9.24 Å². The van der Waals surface area contributed by atoms with Crippen molar-refractivity contribution in [2.24, 2.45) is 0 Å². The van der Waals surface area contributed by atoms with Gasteiger partial charge in [0.1, 0.15) is 0 Å². The monoisotopic (exact) mass is 485 g/mol. The van der Waals surface area contributed by atoms with E-state index in [1.54, 1.807) is 0 Å². The van der Waals surface area contributed by atoms with Gasteiger partial charge in [0.15, 0.2) is 0 Å². The molecule has 1 aromatic rings. The predicted molar refractivity (Wildman–Crippen MR) is 83.3 cm³/mol. The van der Waals surface area contributed by atoms with Gasteiger partial charge in [-0.25, -0.2) is 0 Å². The number of hydrogen-bond acceptors (Lipinski definition) is 0. The molecule has 0 saturated heterocycles. The van der Waals surface area contributed by atoms with Crippen LogP contribution in [0.1, 0.15) is 16.7 Å². The molecule has 1 fully saturated rings. The molecule has 1 aliphatic rings. The minimum atomic E-state index is 0. The van der Waals surface area contributed by atoms with Gasteiger partial charge in [-0.1, -0.05) is 17.7 Å². The fraction of sp³-hybridized carbons (Fsp3) is 0.176. The Labute approximate surface area is 151 Å². The molecule has 1 atom stereocenters. The Kier molecular flexibility index (Phi) is 30.7. The third-order valence-corrected chi connectivity index (χ3v) is 3.20. The number of hydrogen-bond donors (Lipinski definition) is 0. The van der Waals surface area contributed by atoms with Crippen molar-refractivity contribution in [1.82, 2.24) is 0 Å². The molecule has 0 amide bonds. The molecule has 1 unspecified atom stereocenters. The van der Waals surface area contributed by atoms with Crippen LogP contribution in [0.25, 0.3) is 0 Å². The van der Waals surface area contributed by atoms with E-state index >= 15 is 0 Å². The molecule has 115 valence electrons. The fourth-order valence-corrected chi connectivity index (χ4v) is 1.68. The first-order valence-electron chi connectivity index (χ1n) is 5.72. The maximum absolute atomic E-state index is 7.50. The molecule has 0 heterocycles. The molecular formula is C17H18O3PW. The Morgan fingerprint density at radius 3 is 1.14 bits per heavy atom. The largest absolute Gasteiger partial charge is 0.0312 e. The van der Waals surface area contributed by atoms with Gasteiger partial charge in [0.2, 0.25) is 0 Å². The van der Waals surface area contributed by atoms with E-state index in [0.717, 1.165) is 0 Å². The Bertz CT molecular complexity index is 390. The van der Waals surface area contributed by atoms with Crippen LogP contribution in [0.4, 0.5) is 0 Å². The van der Waals surface area contributed by atoms with Gasteiger partial charge in [0.25, 0.3) is 0 Å². The molecule has 1 saturated carbocycles. The van der Waals surface area contributed by atoms with Crippen LogP contribution in [-0.2, 0) is 35.0 Å².